The number of hydrogen-bond donors (Lipinski definition) is 2. The molecule has 0 aromatic carbocycles. The Kier molecular flexibility index (Phi) is 8.89. The van der Waals surface area contributed by atoms with Gasteiger partial charge in [0, 0.05) is 23.7 Å². The highest BCUT2D eigenvalue weighted by Crippen LogP contribution is 2.21. The van der Waals surface area contributed by atoms with Crippen LogP contribution in [0.2, 0.25) is 11.2 Å². The van der Waals surface area contributed by atoms with E-state index in [0.29, 0.717) is 0 Å². The van der Waals surface area contributed by atoms with Gasteiger partial charge in [0.15, 0.2) is 0 Å². The summed E-state index contributed by atoms with van der Waals surface area (Å²) in [6.07, 6.45) is -0.289. The van der Waals surface area contributed by atoms with Crippen LogP contribution in [0.25, 0.3) is 0 Å². The Labute approximate surface area is 111 Å². The topological polar surface area (TPSA) is 93.1 Å². The van der Waals surface area contributed by atoms with E-state index < -0.39 is 36.9 Å². The van der Waals surface area contributed by atoms with E-state index in [2.05, 4.69) is 0 Å². The average Bonchev–Trinajstić information content (AvgIpc) is 2.30. The first-order chi connectivity index (χ1) is 8.42. The lowest BCUT2D eigenvalue weighted by molar-refractivity contribution is -0.148. The third-order valence-electron chi connectivity index (χ3n) is 3.02. The number of carboxylic acid groups (broad SMARTS) is 2. The van der Waals surface area contributed by atoms with Crippen molar-refractivity contribution in [3.8, 4) is 0 Å². The maximum Gasteiger partial charge on any atom is 0.307 e. The molecule has 0 aliphatic heterocycles. The second-order valence-corrected chi connectivity index (χ2v) is 10.3. The van der Waals surface area contributed by atoms with Gasteiger partial charge in [-0.2, -0.15) is 0 Å². The van der Waals surface area contributed by atoms with Crippen molar-refractivity contribution in [2.75, 3.05) is 14.2 Å². The van der Waals surface area contributed by atoms with Crippen molar-refractivity contribution in [3.05, 3.63) is 0 Å². The SMILES string of the molecule is COC(OC)[SiH2]C[SiH2]C(C)C(CC(=O)O)C(=O)O. The zero-order chi connectivity index (χ0) is 14.1. The van der Waals surface area contributed by atoms with E-state index in [1.54, 1.807) is 14.2 Å². The van der Waals surface area contributed by atoms with Crippen LogP contribution in [0, 0.1) is 5.92 Å². The van der Waals surface area contributed by atoms with Gasteiger partial charge < -0.3 is 19.7 Å². The van der Waals surface area contributed by atoms with E-state index in [9.17, 15) is 9.59 Å². The van der Waals surface area contributed by atoms with Crippen molar-refractivity contribution in [2.45, 2.75) is 30.5 Å². The highest BCUT2D eigenvalue weighted by molar-refractivity contribution is 6.57. The number of carbonyl (C=O) groups is 2. The normalized spacial score (nSPS) is 15.8. The minimum Gasteiger partial charge on any atom is -0.481 e. The lowest BCUT2D eigenvalue weighted by Crippen LogP contribution is -2.27. The Hall–Kier alpha value is -0.706. The molecule has 2 atom stereocenters. The molecule has 0 amide bonds. The van der Waals surface area contributed by atoms with Gasteiger partial charge in [-0.3, -0.25) is 9.59 Å². The van der Waals surface area contributed by atoms with E-state index in [0.717, 1.165) is 5.67 Å². The molecule has 8 heteroatoms. The van der Waals surface area contributed by atoms with Crippen molar-refractivity contribution < 1.29 is 29.3 Å². The summed E-state index contributed by atoms with van der Waals surface area (Å²) in [5.41, 5.74) is 0.997. The van der Waals surface area contributed by atoms with Gasteiger partial charge in [-0.1, -0.05) is 12.6 Å². The van der Waals surface area contributed by atoms with Gasteiger partial charge >= 0.3 is 11.9 Å². The Morgan fingerprint density at radius 1 is 1.17 bits per heavy atom. The molecule has 2 unspecified atom stereocenters. The third-order valence-corrected chi connectivity index (χ3v) is 8.91. The molecule has 0 spiro atoms. The number of hydrogen-bond acceptors (Lipinski definition) is 4. The molecular formula is C10H22O6Si2. The van der Waals surface area contributed by atoms with Gasteiger partial charge in [0.2, 0.25) is 0 Å². The van der Waals surface area contributed by atoms with E-state index in [4.69, 9.17) is 19.7 Å². The first kappa shape index (κ1) is 17.3. The second kappa shape index (κ2) is 9.25. The summed E-state index contributed by atoms with van der Waals surface area (Å²) in [6.45, 7) is 1.84. The van der Waals surface area contributed by atoms with Crippen LogP contribution in [0.5, 0.6) is 0 Å². The summed E-state index contributed by atoms with van der Waals surface area (Å²) in [5.74, 6) is -2.93. The molecule has 0 bridgehead atoms. The van der Waals surface area contributed by atoms with Crippen LogP contribution in [-0.2, 0) is 19.1 Å². The number of ether oxygens (including phenoxy) is 2. The van der Waals surface area contributed by atoms with Crippen LogP contribution in [0.3, 0.4) is 0 Å². The predicted octanol–water partition coefficient (Wildman–Crippen LogP) is -0.740. The molecule has 6 nitrogen and oxygen atoms in total. The number of carboxylic acids is 2. The molecular weight excluding hydrogens is 272 g/mol. The van der Waals surface area contributed by atoms with Crippen molar-refractivity contribution in [1.82, 2.24) is 0 Å². The van der Waals surface area contributed by atoms with E-state index in [1.165, 1.54) is 0 Å². The molecule has 0 rings (SSSR count). The van der Waals surface area contributed by atoms with E-state index in [-0.39, 0.29) is 17.9 Å². The quantitative estimate of drug-likeness (QED) is 0.407. The fourth-order valence-electron chi connectivity index (χ4n) is 1.86. The summed E-state index contributed by atoms with van der Waals surface area (Å²) >= 11 is 0. The summed E-state index contributed by atoms with van der Waals surface area (Å²) in [4.78, 5) is 21.6. The molecule has 0 heterocycles. The van der Waals surface area contributed by atoms with Gasteiger partial charge in [0.25, 0.3) is 0 Å². The predicted molar refractivity (Wildman–Crippen MR) is 72.5 cm³/mol. The standard InChI is InChI=1S/C10H22O6Si2/c1-6(7(9(13)14)4-8(11)12)17-5-18-10(15-2)16-3/h6-7,10H,4-5,17-18H2,1-3H3,(H,11,12)(H,13,14). The first-order valence-corrected chi connectivity index (χ1v) is 9.55. The van der Waals surface area contributed by atoms with Crippen molar-refractivity contribution in [3.63, 3.8) is 0 Å². The second-order valence-electron chi connectivity index (χ2n) is 4.35. The van der Waals surface area contributed by atoms with Crippen LogP contribution in [-0.4, -0.2) is 61.3 Å². The summed E-state index contributed by atoms with van der Waals surface area (Å²) in [6, 6.07) is 0. The van der Waals surface area contributed by atoms with Gasteiger partial charge in [-0.25, -0.2) is 0 Å². The zero-order valence-corrected chi connectivity index (χ0v) is 13.9. The van der Waals surface area contributed by atoms with Crippen molar-refractivity contribution in [2.24, 2.45) is 5.92 Å². The van der Waals surface area contributed by atoms with Gasteiger partial charge in [-0.15, -0.1) is 0 Å². The summed E-state index contributed by atoms with van der Waals surface area (Å²) in [7, 11) is 2.06. The lowest BCUT2D eigenvalue weighted by atomic mass is 10.0. The molecule has 0 aliphatic rings. The maximum atomic E-state index is 11.0. The van der Waals surface area contributed by atoms with Gasteiger partial charge in [0.1, 0.15) is 5.91 Å². The van der Waals surface area contributed by atoms with Gasteiger partial charge in [0.05, 0.1) is 21.9 Å². The highest BCUT2D eigenvalue weighted by Gasteiger charge is 2.27. The molecule has 0 saturated heterocycles. The minimum atomic E-state index is -1.05. The maximum absolute atomic E-state index is 11.0. The number of aliphatic carboxylic acids is 2. The van der Waals surface area contributed by atoms with Crippen LogP contribution in [0.1, 0.15) is 13.3 Å². The molecule has 106 valence electrons. The summed E-state index contributed by atoms with van der Waals surface area (Å²) < 4.78 is 10.2. The summed E-state index contributed by atoms with van der Waals surface area (Å²) in [5, 5.41) is 17.7. The third kappa shape index (κ3) is 6.89. The fraction of sp³-hybridized carbons (Fsp3) is 0.800. The number of methoxy groups -OCH3 is 2. The van der Waals surface area contributed by atoms with Crippen molar-refractivity contribution >= 4 is 31.0 Å². The minimum absolute atomic E-state index is 0.0135. The van der Waals surface area contributed by atoms with Crippen molar-refractivity contribution in [1.29, 1.82) is 0 Å². The molecule has 0 radical (unpaired) electrons. The number of rotatable bonds is 10. The molecule has 18 heavy (non-hydrogen) atoms. The molecule has 0 fully saturated rings. The Balaban J connectivity index is 4.14. The zero-order valence-electron chi connectivity index (χ0n) is 11.1. The Morgan fingerprint density at radius 3 is 2.11 bits per heavy atom. The Bertz CT molecular complexity index is 269. The molecule has 2 N–H and O–H groups in total. The van der Waals surface area contributed by atoms with Crippen LogP contribution in [0.4, 0.5) is 0 Å². The van der Waals surface area contributed by atoms with Gasteiger partial charge in [-0.05, 0) is 5.54 Å². The fourth-order valence-corrected chi connectivity index (χ4v) is 7.95. The smallest absolute Gasteiger partial charge is 0.307 e. The van der Waals surface area contributed by atoms with Crippen LogP contribution < -0.4 is 0 Å². The van der Waals surface area contributed by atoms with E-state index in [1.807, 2.05) is 6.92 Å². The molecule has 0 aliphatic carbocycles. The lowest BCUT2D eigenvalue weighted by Gasteiger charge is -2.19. The Morgan fingerprint density at radius 2 is 1.72 bits per heavy atom. The molecule has 0 aromatic heterocycles. The van der Waals surface area contributed by atoms with Crippen LogP contribution >= 0.6 is 0 Å². The molecule has 0 aromatic rings. The van der Waals surface area contributed by atoms with E-state index >= 15 is 0 Å². The average molecular weight is 294 g/mol. The first-order valence-electron chi connectivity index (χ1n) is 5.92. The monoisotopic (exact) mass is 294 g/mol. The molecule has 0 saturated carbocycles. The largest absolute Gasteiger partial charge is 0.481 e. The van der Waals surface area contributed by atoms with Crippen LogP contribution in [0.15, 0.2) is 0 Å². The highest BCUT2D eigenvalue weighted by atomic mass is 28.3.